The molecule has 3 aliphatic rings. The van der Waals surface area contributed by atoms with Gasteiger partial charge >= 0.3 is 0 Å². The quantitative estimate of drug-likeness (QED) is 0.787. The first-order chi connectivity index (χ1) is 14.1. The Kier molecular flexibility index (Phi) is 5.05. The fourth-order valence-corrected chi connectivity index (χ4v) is 5.26. The highest BCUT2D eigenvalue weighted by Crippen LogP contribution is 2.38. The molecule has 29 heavy (non-hydrogen) atoms. The second kappa shape index (κ2) is 7.70. The van der Waals surface area contributed by atoms with Crippen LogP contribution < -0.4 is 0 Å². The molecule has 5 heterocycles. The Hall–Kier alpha value is -1.96. The number of piperidine rings is 1. The van der Waals surface area contributed by atoms with Gasteiger partial charge in [-0.15, -0.1) is 0 Å². The molecule has 156 valence electrons. The smallest absolute Gasteiger partial charge is 0.272 e. The zero-order valence-corrected chi connectivity index (χ0v) is 17.3. The molecule has 3 fully saturated rings. The maximum atomic E-state index is 13.2. The number of aromatic nitrogens is 2. The van der Waals surface area contributed by atoms with Crippen molar-refractivity contribution in [3.8, 4) is 0 Å². The van der Waals surface area contributed by atoms with E-state index in [-0.39, 0.29) is 11.5 Å². The number of amides is 1. The number of imidazole rings is 1. The van der Waals surface area contributed by atoms with E-state index < -0.39 is 0 Å². The highest BCUT2D eigenvalue weighted by atomic mass is 16.5. The van der Waals surface area contributed by atoms with Crippen LogP contribution in [0.3, 0.4) is 0 Å². The van der Waals surface area contributed by atoms with E-state index >= 15 is 0 Å². The van der Waals surface area contributed by atoms with Gasteiger partial charge in [-0.3, -0.25) is 9.20 Å². The minimum Gasteiger partial charge on any atom is -0.373 e. The Balaban J connectivity index is 1.24. The monoisotopic (exact) mass is 397 g/mol. The third-order valence-corrected chi connectivity index (χ3v) is 6.86. The van der Waals surface area contributed by atoms with Crippen LogP contribution in [0.4, 0.5) is 0 Å². The number of likely N-dealkylation sites (N-methyl/N-ethyl adjacent to an activating group) is 1. The van der Waals surface area contributed by atoms with E-state index in [2.05, 4.69) is 21.8 Å². The molecular weight excluding hydrogens is 366 g/mol. The number of carbonyl (C=O) groups is 1. The number of hydrogen-bond acceptors (Lipinski definition) is 5. The molecule has 0 aliphatic carbocycles. The Morgan fingerprint density at radius 3 is 2.97 bits per heavy atom. The summed E-state index contributed by atoms with van der Waals surface area (Å²) in [5.74, 6) is 0.637. The average Bonchev–Trinajstić information content (AvgIpc) is 3.34. The van der Waals surface area contributed by atoms with E-state index in [0.29, 0.717) is 18.2 Å². The van der Waals surface area contributed by atoms with Gasteiger partial charge in [-0.25, -0.2) is 4.98 Å². The van der Waals surface area contributed by atoms with Crippen molar-refractivity contribution in [2.24, 2.45) is 5.92 Å². The summed E-state index contributed by atoms with van der Waals surface area (Å²) < 4.78 is 8.27. The van der Waals surface area contributed by atoms with Gasteiger partial charge in [0, 0.05) is 45.5 Å². The molecular formula is C22H31N5O2. The lowest BCUT2D eigenvalue weighted by atomic mass is 9.86. The third-order valence-electron chi connectivity index (χ3n) is 6.86. The van der Waals surface area contributed by atoms with Crippen LogP contribution in [0.15, 0.2) is 30.6 Å². The van der Waals surface area contributed by atoms with Crippen LogP contribution in [0.25, 0.3) is 5.65 Å². The van der Waals surface area contributed by atoms with Crippen molar-refractivity contribution in [3.05, 3.63) is 36.3 Å². The number of pyridine rings is 1. The molecule has 2 aromatic rings. The number of rotatable bonds is 3. The number of carbonyl (C=O) groups excluding carboxylic acids is 1. The molecule has 0 saturated carbocycles. The number of hydrogen-bond donors (Lipinski definition) is 0. The van der Waals surface area contributed by atoms with Crippen LogP contribution >= 0.6 is 0 Å². The molecule has 5 rings (SSSR count). The maximum absolute atomic E-state index is 13.2. The second-order valence-corrected chi connectivity index (χ2v) is 9.07. The minimum atomic E-state index is -0.161. The van der Waals surface area contributed by atoms with Crippen molar-refractivity contribution < 1.29 is 9.53 Å². The second-order valence-electron chi connectivity index (χ2n) is 9.07. The van der Waals surface area contributed by atoms with Gasteiger partial charge in [0.2, 0.25) is 0 Å². The largest absolute Gasteiger partial charge is 0.373 e. The van der Waals surface area contributed by atoms with E-state index in [9.17, 15) is 4.79 Å². The maximum Gasteiger partial charge on any atom is 0.272 e. The van der Waals surface area contributed by atoms with Gasteiger partial charge < -0.3 is 19.4 Å². The normalized spacial score (nSPS) is 29.1. The van der Waals surface area contributed by atoms with E-state index in [1.165, 1.54) is 0 Å². The summed E-state index contributed by atoms with van der Waals surface area (Å²) in [6, 6.07) is 5.81. The lowest BCUT2D eigenvalue weighted by molar-refractivity contribution is -0.0452. The predicted octanol–water partition coefficient (Wildman–Crippen LogP) is 1.59. The molecule has 3 aliphatic heterocycles. The first-order valence-electron chi connectivity index (χ1n) is 10.9. The lowest BCUT2D eigenvalue weighted by Gasteiger charge is -2.40. The van der Waals surface area contributed by atoms with Gasteiger partial charge in [0.25, 0.3) is 5.91 Å². The number of fused-ring (bicyclic) bond motifs is 1. The van der Waals surface area contributed by atoms with Crippen LogP contribution in [-0.4, -0.2) is 95.1 Å². The average molecular weight is 398 g/mol. The molecule has 1 amide bonds. The first-order valence-corrected chi connectivity index (χ1v) is 10.9. The number of nitrogens with zero attached hydrogens (tertiary/aromatic N) is 5. The Bertz CT molecular complexity index is 875. The molecule has 0 aromatic carbocycles. The number of ether oxygens (including phenoxy) is 1. The van der Waals surface area contributed by atoms with Gasteiger partial charge in [0.15, 0.2) is 0 Å². The van der Waals surface area contributed by atoms with Crippen LogP contribution in [0.5, 0.6) is 0 Å². The minimum absolute atomic E-state index is 0.0638. The molecule has 2 aromatic heterocycles. The van der Waals surface area contributed by atoms with E-state index in [4.69, 9.17) is 4.74 Å². The summed E-state index contributed by atoms with van der Waals surface area (Å²) in [5.41, 5.74) is 1.29. The molecule has 0 unspecified atom stereocenters. The summed E-state index contributed by atoms with van der Waals surface area (Å²) >= 11 is 0. The number of piperazine rings is 1. The molecule has 1 spiro atoms. The van der Waals surface area contributed by atoms with Crippen LogP contribution in [0, 0.1) is 5.92 Å². The van der Waals surface area contributed by atoms with Crippen molar-refractivity contribution in [1.29, 1.82) is 0 Å². The zero-order valence-electron chi connectivity index (χ0n) is 17.3. The lowest BCUT2D eigenvalue weighted by Crippen LogP contribution is -2.50. The fraction of sp³-hybridized carbons (Fsp3) is 0.636. The predicted molar refractivity (Wildman–Crippen MR) is 111 cm³/mol. The number of likely N-dealkylation sites (tertiary alicyclic amines) is 1. The van der Waals surface area contributed by atoms with Crippen LogP contribution in [-0.2, 0) is 4.74 Å². The molecule has 0 radical (unpaired) electrons. The van der Waals surface area contributed by atoms with Crippen LogP contribution in [0.1, 0.15) is 29.8 Å². The highest BCUT2D eigenvalue weighted by Gasteiger charge is 2.45. The summed E-state index contributed by atoms with van der Waals surface area (Å²) in [6.07, 6.45) is 6.74. The molecule has 0 bridgehead atoms. The third kappa shape index (κ3) is 3.79. The fourth-order valence-electron chi connectivity index (χ4n) is 5.26. The Morgan fingerprint density at radius 1 is 1.24 bits per heavy atom. The molecule has 7 nitrogen and oxygen atoms in total. The van der Waals surface area contributed by atoms with Crippen molar-refractivity contribution in [1.82, 2.24) is 24.1 Å². The van der Waals surface area contributed by atoms with Crippen molar-refractivity contribution in [3.63, 3.8) is 0 Å². The van der Waals surface area contributed by atoms with E-state index in [0.717, 1.165) is 70.8 Å². The van der Waals surface area contributed by atoms with Gasteiger partial charge in [-0.05, 0) is 44.4 Å². The highest BCUT2D eigenvalue weighted by molar-refractivity contribution is 5.93. The van der Waals surface area contributed by atoms with Gasteiger partial charge in [-0.1, -0.05) is 6.07 Å². The SMILES string of the molecule is CN1CCN(C[C@@H]2CO[C@@]3(CCCN(C(=O)c4cnc5ccccn45)C3)C2)CC1. The summed E-state index contributed by atoms with van der Waals surface area (Å²) in [5, 5.41) is 0. The van der Waals surface area contributed by atoms with Crippen molar-refractivity contribution in [2.75, 3.05) is 59.5 Å². The summed E-state index contributed by atoms with van der Waals surface area (Å²) in [4.78, 5) is 24.6. The summed E-state index contributed by atoms with van der Waals surface area (Å²) in [7, 11) is 2.20. The van der Waals surface area contributed by atoms with Crippen molar-refractivity contribution >= 4 is 11.6 Å². The molecule has 2 atom stereocenters. The van der Waals surface area contributed by atoms with Crippen LogP contribution in [0.2, 0.25) is 0 Å². The molecule has 7 heteroatoms. The van der Waals surface area contributed by atoms with Gasteiger partial charge in [0.1, 0.15) is 11.3 Å². The van der Waals surface area contributed by atoms with Gasteiger partial charge in [-0.2, -0.15) is 0 Å². The van der Waals surface area contributed by atoms with E-state index in [1.54, 1.807) is 6.20 Å². The van der Waals surface area contributed by atoms with Gasteiger partial charge in [0.05, 0.1) is 24.9 Å². The standard InChI is InChI=1S/C22H31N5O2/c1-24-9-11-25(12-10-24)15-18-13-22(29-16-18)6-4-7-26(17-22)21(28)19-14-23-20-5-2-3-8-27(19)20/h2-3,5,8,14,18H,4,6-7,9-13,15-17H2,1H3/t18-,22+/m1/s1. The molecule has 3 saturated heterocycles. The zero-order chi connectivity index (χ0) is 19.8. The Labute approximate surface area is 172 Å². The van der Waals surface area contributed by atoms with E-state index in [1.807, 2.05) is 33.7 Å². The first kappa shape index (κ1) is 19.0. The topological polar surface area (TPSA) is 53.3 Å². The van der Waals surface area contributed by atoms with Crippen molar-refractivity contribution in [2.45, 2.75) is 24.9 Å². The Morgan fingerprint density at radius 2 is 2.10 bits per heavy atom. The molecule has 0 N–H and O–H groups in total. The summed E-state index contributed by atoms with van der Waals surface area (Å²) in [6.45, 7) is 8.05.